The van der Waals surface area contributed by atoms with Crippen molar-refractivity contribution in [3.63, 3.8) is 0 Å². The summed E-state index contributed by atoms with van der Waals surface area (Å²) in [6.07, 6.45) is 0. The minimum Gasteiger partial charge on any atom is -0.348 e. The maximum atomic E-state index is 11.5. The fraction of sp³-hybridized carbons (Fsp3) is 0.333. The third-order valence-corrected chi connectivity index (χ3v) is 2.76. The van der Waals surface area contributed by atoms with E-state index in [9.17, 15) is 9.59 Å². The van der Waals surface area contributed by atoms with E-state index in [4.69, 9.17) is 0 Å². The molecular weight excluding hydrogens is 190 g/mol. The fourth-order valence-corrected chi connectivity index (χ4v) is 1.99. The predicted molar refractivity (Wildman–Crippen MR) is 56.7 cm³/mol. The molecule has 2 rings (SSSR count). The van der Waals surface area contributed by atoms with Crippen LogP contribution in [-0.2, 0) is 9.59 Å². The molecule has 1 atom stereocenters. The van der Waals surface area contributed by atoms with Gasteiger partial charge >= 0.3 is 0 Å². The van der Waals surface area contributed by atoms with Crippen LogP contribution < -0.4 is 5.32 Å². The molecule has 0 aromatic heterocycles. The van der Waals surface area contributed by atoms with E-state index in [0.717, 1.165) is 16.7 Å². The third kappa shape index (κ3) is 1.65. The summed E-state index contributed by atoms with van der Waals surface area (Å²) < 4.78 is 0. The minimum atomic E-state index is -0.592. The molecule has 3 nitrogen and oxygen atoms in total. The normalized spacial score (nSPS) is 20.5. The van der Waals surface area contributed by atoms with Gasteiger partial charge in [-0.05, 0) is 25.0 Å². The summed E-state index contributed by atoms with van der Waals surface area (Å²) in [5.41, 5.74) is 2.98. The van der Waals surface area contributed by atoms with Crippen molar-refractivity contribution in [2.45, 2.75) is 19.8 Å². The highest BCUT2D eigenvalue weighted by Gasteiger charge is 2.34. The minimum absolute atomic E-state index is 0.0352. The topological polar surface area (TPSA) is 46.2 Å². The first-order chi connectivity index (χ1) is 7.09. The van der Waals surface area contributed by atoms with Crippen LogP contribution >= 0.6 is 0 Å². The molecular formula is C12H13NO2. The van der Waals surface area contributed by atoms with Crippen LogP contribution in [0, 0.1) is 13.8 Å². The van der Waals surface area contributed by atoms with E-state index in [-0.39, 0.29) is 18.2 Å². The molecule has 0 saturated carbocycles. The molecule has 0 spiro atoms. The molecule has 78 valence electrons. The molecule has 1 aromatic rings. The van der Waals surface area contributed by atoms with Gasteiger partial charge in [0.2, 0.25) is 5.91 Å². The Morgan fingerprint density at radius 3 is 2.53 bits per heavy atom. The van der Waals surface area contributed by atoms with Crippen LogP contribution in [0.25, 0.3) is 0 Å². The Morgan fingerprint density at radius 2 is 2.00 bits per heavy atom. The first-order valence-electron chi connectivity index (χ1n) is 4.97. The predicted octanol–water partition coefficient (Wildman–Crippen LogP) is 1.09. The van der Waals surface area contributed by atoms with Crippen molar-refractivity contribution in [2.75, 3.05) is 6.54 Å². The van der Waals surface area contributed by atoms with Gasteiger partial charge in [-0.3, -0.25) is 9.59 Å². The number of aryl methyl sites for hydroxylation is 2. The van der Waals surface area contributed by atoms with Crippen molar-refractivity contribution in [1.82, 2.24) is 5.32 Å². The van der Waals surface area contributed by atoms with Gasteiger partial charge in [0.25, 0.3) is 0 Å². The van der Waals surface area contributed by atoms with Gasteiger partial charge in [0.05, 0.1) is 6.54 Å². The second-order valence-electron chi connectivity index (χ2n) is 3.98. The van der Waals surface area contributed by atoms with Crippen LogP contribution in [0.15, 0.2) is 18.2 Å². The average molecular weight is 203 g/mol. The van der Waals surface area contributed by atoms with E-state index in [1.807, 2.05) is 32.0 Å². The zero-order valence-corrected chi connectivity index (χ0v) is 8.83. The van der Waals surface area contributed by atoms with Crippen LogP contribution in [0.5, 0.6) is 0 Å². The molecule has 1 aliphatic heterocycles. The van der Waals surface area contributed by atoms with Crippen molar-refractivity contribution in [3.05, 3.63) is 34.9 Å². The molecule has 1 aliphatic rings. The van der Waals surface area contributed by atoms with Crippen molar-refractivity contribution in [1.29, 1.82) is 0 Å². The summed E-state index contributed by atoms with van der Waals surface area (Å²) >= 11 is 0. The van der Waals surface area contributed by atoms with Crippen LogP contribution in [0.2, 0.25) is 0 Å². The van der Waals surface area contributed by atoms with Gasteiger partial charge in [-0.2, -0.15) is 0 Å². The Labute approximate surface area is 88.5 Å². The largest absolute Gasteiger partial charge is 0.348 e. The maximum Gasteiger partial charge on any atom is 0.235 e. The lowest BCUT2D eigenvalue weighted by molar-refractivity contribution is -0.124. The lowest BCUT2D eigenvalue weighted by atomic mass is 9.92. The maximum absolute atomic E-state index is 11.5. The van der Waals surface area contributed by atoms with Crippen molar-refractivity contribution < 1.29 is 9.59 Å². The zero-order valence-electron chi connectivity index (χ0n) is 8.83. The van der Waals surface area contributed by atoms with Crippen molar-refractivity contribution >= 4 is 11.7 Å². The highest BCUT2D eigenvalue weighted by atomic mass is 16.2. The number of carbonyl (C=O) groups is 2. The first kappa shape index (κ1) is 9.90. The van der Waals surface area contributed by atoms with E-state index >= 15 is 0 Å². The summed E-state index contributed by atoms with van der Waals surface area (Å²) in [6.45, 7) is 4.09. The van der Waals surface area contributed by atoms with E-state index < -0.39 is 5.92 Å². The average Bonchev–Trinajstić information content (AvgIpc) is 2.48. The number of benzene rings is 1. The molecule has 0 aliphatic carbocycles. The van der Waals surface area contributed by atoms with E-state index in [1.165, 1.54) is 0 Å². The summed E-state index contributed by atoms with van der Waals surface area (Å²) in [7, 11) is 0. The molecule has 3 heteroatoms. The first-order valence-corrected chi connectivity index (χ1v) is 4.97. The van der Waals surface area contributed by atoms with Gasteiger partial charge in [0, 0.05) is 0 Å². The number of rotatable bonds is 1. The molecule has 1 aromatic carbocycles. The standard InChI is InChI=1S/C12H13NO2/c1-7-3-4-9(8(2)5-7)11-10(14)6-13-12(11)15/h3-5,11H,6H2,1-2H3,(H,13,15). The van der Waals surface area contributed by atoms with E-state index in [0.29, 0.717) is 0 Å². The summed E-state index contributed by atoms with van der Waals surface area (Å²) in [4.78, 5) is 23.0. The Balaban J connectivity index is 2.45. The number of ketones is 1. The number of nitrogens with one attached hydrogen (secondary N) is 1. The van der Waals surface area contributed by atoms with Crippen LogP contribution in [0.1, 0.15) is 22.6 Å². The molecule has 0 bridgehead atoms. The van der Waals surface area contributed by atoms with Crippen LogP contribution in [0.4, 0.5) is 0 Å². The molecule has 1 fully saturated rings. The number of carbonyl (C=O) groups excluding carboxylic acids is 2. The number of hydrogen-bond acceptors (Lipinski definition) is 2. The second kappa shape index (κ2) is 3.50. The molecule has 15 heavy (non-hydrogen) atoms. The molecule has 1 unspecified atom stereocenters. The van der Waals surface area contributed by atoms with Gasteiger partial charge in [0.1, 0.15) is 5.92 Å². The molecule has 0 radical (unpaired) electrons. The highest BCUT2D eigenvalue weighted by Crippen LogP contribution is 2.24. The quantitative estimate of drug-likeness (QED) is 0.694. The van der Waals surface area contributed by atoms with Crippen LogP contribution in [0.3, 0.4) is 0 Å². The van der Waals surface area contributed by atoms with Crippen molar-refractivity contribution in [3.8, 4) is 0 Å². The number of amides is 1. The SMILES string of the molecule is Cc1ccc(C2C(=O)CNC2=O)c(C)c1. The van der Waals surface area contributed by atoms with Gasteiger partial charge < -0.3 is 5.32 Å². The monoisotopic (exact) mass is 203 g/mol. The van der Waals surface area contributed by atoms with Gasteiger partial charge in [-0.25, -0.2) is 0 Å². The molecule has 1 saturated heterocycles. The Morgan fingerprint density at radius 1 is 1.27 bits per heavy atom. The van der Waals surface area contributed by atoms with Gasteiger partial charge in [0.15, 0.2) is 5.78 Å². The molecule has 1 heterocycles. The summed E-state index contributed by atoms with van der Waals surface area (Å²) in [5, 5.41) is 2.57. The zero-order chi connectivity index (χ0) is 11.0. The lowest BCUT2D eigenvalue weighted by Gasteiger charge is -2.10. The molecule has 1 amide bonds. The fourth-order valence-electron chi connectivity index (χ4n) is 1.99. The van der Waals surface area contributed by atoms with Gasteiger partial charge in [-0.15, -0.1) is 0 Å². The Kier molecular flexibility index (Phi) is 2.31. The summed E-state index contributed by atoms with van der Waals surface area (Å²) in [5.74, 6) is -0.801. The Bertz CT molecular complexity index is 421. The van der Waals surface area contributed by atoms with Crippen molar-refractivity contribution in [2.24, 2.45) is 0 Å². The van der Waals surface area contributed by atoms with E-state index in [2.05, 4.69) is 5.32 Å². The highest BCUT2D eigenvalue weighted by molar-refractivity contribution is 6.13. The Hall–Kier alpha value is -1.64. The van der Waals surface area contributed by atoms with Crippen LogP contribution in [-0.4, -0.2) is 18.2 Å². The number of hydrogen-bond donors (Lipinski definition) is 1. The molecule has 1 N–H and O–H groups in total. The second-order valence-corrected chi connectivity index (χ2v) is 3.98. The number of Topliss-reactive ketones (excluding diaryl/α,β-unsaturated/α-hetero) is 1. The summed E-state index contributed by atoms with van der Waals surface area (Å²) in [6, 6.07) is 5.80. The van der Waals surface area contributed by atoms with Gasteiger partial charge in [-0.1, -0.05) is 23.8 Å². The third-order valence-electron chi connectivity index (χ3n) is 2.76. The van der Waals surface area contributed by atoms with E-state index in [1.54, 1.807) is 0 Å². The smallest absolute Gasteiger partial charge is 0.235 e. The lowest BCUT2D eigenvalue weighted by Crippen LogP contribution is -2.18.